The van der Waals surface area contributed by atoms with Crippen molar-refractivity contribution in [2.75, 3.05) is 36.0 Å². The molecule has 0 saturated carbocycles. The molecule has 5 rings (SSSR count). The van der Waals surface area contributed by atoms with Crippen molar-refractivity contribution in [2.24, 2.45) is 0 Å². The van der Waals surface area contributed by atoms with E-state index in [9.17, 15) is 0 Å². The standard InChI is InChI=1S/C22H26N4O2S2/c1-15-8-25(10-19(27-15)17-3-5-29-12-17)21-7-22(24-14-23-21)26-9-16(2)28-20(11-26)18-4-6-30-13-18/h3-7,12-16,19-20H,8-11H2,1-2H3. The Morgan fingerprint density at radius 1 is 0.800 bits per heavy atom. The summed E-state index contributed by atoms with van der Waals surface area (Å²) in [6, 6.07) is 6.42. The monoisotopic (exact) mass is 442 g/mol. The molecule has 3 aromatic heterocycles. The third kappa shape index (κ3) is 4.23. The summed E-state index contributed by atoms with van der Waals surface area (Å²) in [5.74, 6) is 1.92. The molecule has 2 fully saturated rings. The molecule has 0 spiro atoms. The van der Waals surface area contributed by atoms with E-state index in [1.807, 2.05) is 0 Å². The van der Waals surface area contributed by atoms with Gasteiger partial charge in [-0.2, -0.15) is 22.7 Å². The van der Waals surface area contributed by atoms with Gasteiger partial charge in [0, 0.05) is 32.2 Å². The topological polar surface area (TPSA) is 50.7 Å². The van der Waals surface area contributed by atoms with Gasteiger partial charge in [-0.25, -0.2) is 9.97 Å². The van der Waals surface area contributed by atoms with Gasteiger partial charge < -0.3 is 19.3 Å². The summed E-state index contributed by atoms with van der Waals surface area (Å²) >= 11 is 3.42. The average molecular weight is 443 g/mol. The Kier molecular flexibility index (Phi) is 5.73. The van der Waals surface area contributed by atoms with E-state index in [2.05, 4.69) is 73.3 Å². The molecular formula is C22H26N4O2S2. The van der Waals surface area contributed by atoms with Crippen LogP contribution in [0.3, 0.4) is 0 Å². The zero-order valence-corrected chi connectivity index (χ0v) is 18.8. The molecule has 4 unspecified atom stereocenters. The van der Waals surface area contributed by atoms with Crippen LogP contribution in [0.4, 0.5) is 11.6 Å². The summed E-state index contributed by atoms with van der Waals surface area (Å²) in [7, 11) is 0. The number of thiophene rings is 2. The van der Waals surface area contributed by atoms with Gasteiger partial charge in [0.2, 0.25) is 0 Å². The van der Waals surface area contributed by atoms with Gasteiger partial charge >= 0.3 is 0 Å². The van der Waals surface area contributed by atoms with Crippen LogP contribution in [0.15, 0.2) is 46.0 Å². The highest BCUT2D eigenvalue weighted by Crippen LogP contribution is 2.32. The van der Waals surface area contributed by atoms with Gasteiger partial charge in [-0.3, -0.25) is 0 Å². The number of morpholine rings is 2. The fourth-order valence-corrected chi connectivity index (χ4v) is 5.65. The molecule has 0 amide bonds. The van der Waals surface area contributed by atoms with Crippen LogP contribution in [0.2, 0.25) is 0 Å². The summed E-state index contributed by atoms with van der Waals surface area (Å²) in [5.41, 5.74) is 2.48. The maximum absolute atomic E-state index is 6.19. The first-order valence-electron chi connectivity index (χ1n) is 10.3. The molecule has 5 heterocycles. The lowest BCUT2D eigenvalue weighted by atomic mass is 10.1. The fraction of sp³-hybridized carbons (Fsp3) is 0.455. The molecule has 0 N–H and O–H groups in total. The number of rotatable bonds is 4. The largest absolute Gasteiger partial charge is 0.367 e. The summed E-state index contributed by atoms with van der Waals surface area (Å²) in [4.78, 5) is 13.8. The van der Waals surface area contributed by atoms with E-state index in [0.717, 1.165) is 37.8 Å². The Morgan fingerprint density at radius 3 is 1.73 bits per heavy atom. The Morgan fingerprint density at radius 2 is 1.30 bits per heavy atom. The number of nitrogens with zero attached hydrogens (tertiary/aromatic N) is 4. The number of ether oxygens (including phenoxy) is 2. The molecule has 2 aliphatic heterocycles. The van der Waals surface area contributed by atoms with E-state index >= 15 is 0 Å². The smallest absolute Gasteiger partial charge is 0.134 e. The van der Waals surface area contributed by atoms with Crippen LogP contribution in [0.1, 0.15) is 37.2 Å². The van der Waals surface area contributed by atoms with Crippen molar-refractivity contribution in [1.29, 1.82) is 0 Å². The van der Waals surface area contributed by atoms with Crippen molar-refractivity contribution in [3.63, 3.8) is 0 Å². The maximum atomic E-state index is 6.19. The van der Waals surface area contributed by atoms with Crippen LogP contribution < -0.4 is 9.80 Å². The molecule has 6 nitrogen and oxygen atoms in total. The maximum Gasteiger partial charge on any atom is 0.134 e. The first-order chi connectivity index (χ1) is 14.7. The molecule has 0 bridgehead atoms. The van der Waals surface area contributed by atoms with Crippen LogP contribution in [0.25, 0.3) is 0 Å². The second-order valence-electron chi connectivity index (χ2n) is 8.03. The Hall–Kier alpha value is -2.00. The Bertz CT molecular complexity index is 876. The molecule has 2 saturated heterocycles. The number of aromatic nitrogens is 2. The highest BCUT2D eigenvalue weighted by atomic mass is 32.1. The van der Waals surface area contributed by atoms with Gasteiger partial charge in [0.1, 0.15) is 30.2 Å². The van der Waals surface area contributed by atoms with Gasteiger partial charge in [-0.05, 0) is 58.6 Å². The summed E-state index contributed by atoms with van der Waals surface area (Å²) in [5, 5.41) is 8.56. The molecule has 0 aromatic carbocycles. The molecule has 0 radical (unpaired) electrons. The minimum Gasteiger partial charge on any atom is -0.367 e. The SMILES string of the molecule is CC1CN(c2cc(N3CC(C)OC(c4ccsc4)C3)ncn2)CC(c2ccsc2)O1. The molecule has 158 valence electrons. The predicted octanol–water partition coefficient (Wildman–Crippen LogP) is 4.53. The lowest BCUT2D eigenvalue weighted by Gasteiger charge is -2.39. The van der Waals surface area contributed by atoms with Crippen LogP contribution >= 0.6 is 22.7 Å². The van der Waals surface area contributed by atoms with Crippen molar-refractivity contribution in [3.05, 3.63) is 57.2 Å². The van der Waals surface area contributed by atoms with E-state index in [0.29, 0.717) is 0 Å². The van der Waals surface area contributed by atoms with Gasteiger partial charge in [0.25, 0.3) is 0 Å². The van der Waals surface area contributed by atoms with Crippen molar-refractivity contribution >= 4 is 34.3 Å². The Balaban J connectivity index is 1.36. The number of hydrogen-bond acceptors (Lipinski definition) is 8. The zero-order valence-electron chi connectivity index (χ0n) is 17.2. The van der Waals surface area contributed by atoms with E-state index in [-0.39, 0.29) is 24.4 Å². The van der Waals surface area contributed by atoms with Crippen molar-refractivity contribution in [2.45, 2.75) is 38.3 Å². The third-order valence-corrected chi connectivity index (χ3v) is 7.04. The molecule has 30 heavy (non-hydrogen) atoms. The molecular weight excluding hydrogens is 416 g/mol. The number of anilines is 2. The van der Waals surface area contributed by atoms with Crippen LogP contribution in [-0.2, 0) is 9.47 Å². The van der Waals surface area contributed by atoms with Crippen LogP contribution in [0.5, 0.6) is 0 Å². The molecule has 2 aliphatic rings. The van der Waals surface area contributed by atoms with E-state index in [1.54, 1.807) is 29.0 Å². The minimum atomic E-state index is 0.0739. The van der Waals surface area contributed by atoms with Crippen LogP contribution in [-0.4, -0.2) is 48.4 Å². The molecule has 4 atom stereocenters. The van der Waals surface area contributed by atoms with Gasteiger partial charge in [-0.1, -0.05) is 0 Å². The van der Waals surface area contributed by atoms with E-state index < -0.39 is 0 Å². The van der Waals surface area contributed by atoms with Crippen LogP contribution in [0, 0.1) is 0 Å². The fourth-order valence-electron chi connectivity index (χ4n) is 4.24. The van der Waals surface area contributed by atoms with Crippen molar-refractivity contribution in [3.8, 4) is 0 Å². The first-order valence-corrected chi connectivity index (χ1v) is 12.2. The second kappa shape index (κ2) is 8.63. The molecule has 3 aromatic rings. The predicted molar refractivity (Wildman–Crippen MR) is 122 cm³/mol. The van der Waals surface area contributed by atoms with Gasteiger partial charge in [-0.15, -0.1) is 0 Å². The highest BCUT2D eigenvalue weighted by Gasteiger charge is 2.30. The van der Waals surface area contributed by atoms with E-state index in [1.165, 1.54) is 11.1 Å². The van der Waals surface area contributed by atoms with E-state index in [4.69, 9.17) is 9.47 Å². The highest BCUT2D eigenvalue weighted by molar-refractivity contribution is 7.08. The summed E-state index contributed by atoms with van der Waals surface area (Å²) in [6.07, 6.45) is 2.13. The normalized spacial score (nSPS) is 27.4. The average Bonchev–Trinajstić information content (AvgIpc) is 3.47. The molecule has 0 aliphatic carbocycles. The van der Waals surface area contributed by atoms with Gasteiger partial charge in [0.05, 0.1) is 12.2 Å². The van der Waals surface area contributed by atoms with Crippen molar-refractivity contribution < 1.29 is 9.47 Å². The summed E-state index contributed by atoms with van der Waals surface area (Å²) in [6.45, 7) is 7.51. The lowest BCUT2D eigenvalue weighted by Crippen LogP contribution is -2.44. The Labute approximate surface area is 185 Å². The minimum absolute atomic E-state index is 0.0739. The lowest BCUT2D eigenvalue weighted by molar-refractivity contribution is -0.0176. The molecule has 8 heteroatoms. The number of hydrogen-bond donors (Lipinski definition) is 0. The quantitative estimate of drug-likeness (QED) is 0.592. The first kappa shape index (κ1) is 19.9. The summed E-state index contributed by atoms with van der Waals surface area (Å²) < 4.78 is 12.4. The zero-order chi connectivity index (χ0) is 20.5. The van der Waals surface area contributed by atoms with Crippen molar-refractivity contribution in [1.82, 2.24) is 9.97 Å². The second-order valence-corrected chi connectivity index (χ2v) is 9.59. The third-order valence-electron chi connectivity index (χ3n) is 5.64. The van der Waals surface area contributed by atoms with Gasteiger partial charge in [0.15, 0.2) is 0 Å².